The van der Waals surface area contributed by atoms with Gasteiger partial charge in [-0.3, -0.25) is 4.79 Å². The summed E-state index contributed by atoms with van der Waals surface area (Å²) in [5.74, 6) is -0.925. The quantitative estimate of drug-likeness (QED) is 0.627. The smallest absolute Gasteiger partial charge is 0.329 e. The Morgan fingerprint density at radius 1 is 1.06 bits per heavy atom. The van der Waals surface area contributed by atoms with E-state index in [2.05, 4.69) is 24.0 Å². The first-order valence-corrected chi connectivity index (χ1v) is 11.1. The number of carbonyl (C=O) groups is 2. The van der Waals surface area contributed by atoms with Gasteiger partial charge in [0.25, 0.3) is 5.91 Å². The number of aliphatic carboxylic acids is 1. The van der Waals surface area contributed by atoms with Gasteiger partial charge in [0, 0.05) is 37.4 Å². The van der Waals surface area contributed by atoms with E-state index in [1.807, 2.05) is 47.4 Å². The molecular formula is C25H32N2O4. The number of carbonyl (C=O) groups excluding carboxylic acids is 1. The normalized spacial score (nSPS) is 15.0. The fraction of sp³-hybridized carbons (Fsp3) is 0.440. The van der Waals surface area contributed by atoms with Crippen LogP contribution in [0.1, 0.15) is 42.1 Å². The van der Waals surface area contributed by atoms with Crippen molar-refractivity contribution in [2.75, 3.05) is 37.7 Å². The molecule has 0 aromatic heterocycles. The maximum absolute atomic E-state index is 13.3. The number of hydrogen-bond donors (Lipinski definition) is 1. The van der Waals surface area contributed by atoms with E-state index in [9.17, 15) is 9.59 Å². The van der Waals surface area contributed by atoms with Crippen LogP contribution in [0, 0.1) is 0 Å². The number of hydrogen-bond acceptors (Lipinski definition) is 4. The first-order valence-electron chi connectivity index (χ1n) is 11.1. The van der Waals surface area contributed by atoms with E-state index >= 15 is 0 Å². The number of carboxylic acid groups (broad SMARTS) is 1. The van der Waals surface area contributed by atoms with Crippen LogP contribution in [0.3, 0.4) is 0 Å². The Bertz CT molecular complexity index is 830. The lowest BCUT2D eigenvalue weighted by Crippen LogP contribution is -2.43. The van der Waals surface area contributed by atoms with Crippen LogP contribution in [0.2, 0.25) is 0 Å². The number of amides is 1. The summed E-state index contributed by atoms with van der Waals surface area (Å²) in [4.78, 5) is 28.1. The third-order valence-electron chi connectivity index (χ3n) is 5.67. The van der Waals surface area contributed by atoms with E-state index < -0.39 is 5.97 Å². The van der Waals surface area contributed by atoms with Gasteiger partial charge in [-0.2, -0.15) is 0 Å². The zero-order valence-electron chi connectivity index (χ0n) is 18.2. The second-order valence-corrected chi connectivity index (χ2v) is 7.99. The van der Waals surface area contributed by atoms with Crippen LogP contribution in [0.25, 0.3) is 0 Å². The van der Waals surface area contributed by atoms with Crippen molar-refractivity contribution in [2.24, 2.45) is 0 Å². The Morgan fingerprint density at radius 2 is 1.74 bits per heavy atom. The third kappa shape index (κ3) is 6.91. The molecule has 6 nitrogen and oxygen atoms in total. The van der Waals surface area contributed by atoms with Gasteiger partial charge in [-0.25, -0.2) is 4.79 Å². The molecule has 1 N–H and O–H groups in total. The number of carboxylic acids is 1. The SMILES string of the molecule is CCCc1ccc(N(CCN2CCC(OCC(=O)O)CC2)C(=O)c2ccccc2)cc1. The second-order valence-electron chi connectivity index (χ2n) is 7.99. The van der Waals surface area contributed by atoms with Crippen molar-refractivity contribution >= 4 is 17.6 Å². The van der Waals surface area contributed by atoms with Crippen LogP contribution in [0.5, 0.6) is 0 Å². The molecule has 31 heavy (non-hydrogen) atoms. The maximum atomic E-state index is 13.3. The highest BCUT2D eigenvalue weighted by Gasteiger charge is 2.23. The van der Waals surface area contributed by atoms with Crippen LogP contribution >= 0.6 is 0 Å². The Labute approximate surface area is 184 Å². The van der Waals surface area contributed by atoms with E-state index in [0.717, 1.165) is 51.0 Å². The van der Waals surface area contributed by atoms with E-state index in [1.54, 1.807) is 0 Å². The molecule has 0 spiro atoms. The average Bonchev–Trinajstić information content (AvgIpc) is 2.80. The summed E-state index contributed by atoms with van der Waals surface area (Å²) in [6.45, 7) is 4.97. The fourth-order valence-corrected chi connectivity index (χ4v) is 3.95. The van der Waals surface area contributed by atoms with Crippen LogP contribution < -0.4 is 4.90 Å². The fourth-order valence-electron chi connectivity index (χ4n) is 3.95. The van der Waals surface area contributed by atoms with Crippen molar-refractivity contribution in [1.82, 2.24) is 4.90 Å². The van der Waals surface area contributed by atoms with Crippen molar-refractivity contribution in [3.8, 4) is 0 Å². The number of nitrogens with zero attached hydrogens (tertiary/aromatic N) is 2. The standard InChI is InChI=1S/C25H32N2O4/c1-2-6-20-9-11-22(12-10-20)27(25(30)21-7-4-3-5-8-21)18-17-26-15-13-23(14-16-26)31-19-24(28)29/h3-5,7-12,23H,2,6,13-19H2,1H3,(H,28,29). The highest BCUT2D eigenvalue weighted by atomic mass is 16.5. The minimum absolute atomic E-state index is 0.000476. The molecule has 0 atom stereocenters. The van der Waals surface area contributed by atoms with Crippen LogP contribution in [0.15, 0.2) is 54.6 Å². The molecule has 0 aliphatic carbocycles. The van der Waals surface area contributed by atoms with Gasteiger partial charge in [0.2, 0.25) is 0 Å². The summed E-state index contributed by atoms with van der Waals surface area (Å²) in [7, 11) is 0. The van der Waals surface area contributed by atoms with E-state index in [-0.39, 0.29) is 18.6 Å². The van der Waals surface area contributed by atoms with Crippen molar-refractivity contribution < 1.29 is 19.4 Å². The van der Waals surface area contributed by atoms with Crippen LogP contribution in [-0.4, -0.2) is 60.8 Å². The number of anilines is 1. The number of ether oxygens (including phenoxy) is 1. The number of piperidine rings is 1. The monoisotopic (exact) mass is 424 g/mol. The molecule has 0 saturated carbocycles. The molecule has 1 aliphatic rings. The van der Waals surface area contributed by atoms with Crippen LogP contribution in [0.4, 0.5) is 5.69 Å². The maximum Gasteiger partial charge on any atom is 0.329 e. The molecule has 0 bridgehead atoms. The third-order valence-corrected chi connectivity index (χ3v) is 5.67. The van der Waals surface area contributed by atoms with E-state index in [4.69, 9.17) is 9.84 Å². The van der Waals surface area contributed by atoms with Gasteiger partial charge in [-0.05, 0) is 49.1 Å². The molecule has 1 aliphatic heterocycles. The average molecular weight is 425 g/mol. The lowest BCUT2D eigenvalue weighted by atomic mass is 10.1. The van der Waals surface area contributed by atoms with Crippen LogP contribution in [-0.2, 0) is 16.0 Å². The summed E-state index contributed by atoms with van der Waals surface area (Å²) in [5, 5.41) is 8.77. The molecule has 0 radical (unpaired) electrons. The molecule has 1 amide bonds. The number of likely N-dealkylation sites (tertiary alicyclic amines) is 1. The van der Waals surface area contributed by atoms with E-state index in [0.29, 0.717) is 12.1 Å². The van der Waals surface area contributed by atoms with E-state index in [1.165, 1.54) is 5.56 Å². The van der Waals surface area contributed by atoms with Gasteiger partial charge < -0.3 is 19.6 Å². The Morgan fingerprint density at radius 3 is 2.35 bits per heavy atom. The summed E-state index contributed by atoms with van der Waals surface area (Å²) < 4.78 is 5.42. The van der Waals surface area contributed by atoms with Gasteiger partial charge in [-0.1, -0.05) is 43.7 Å². The molecule has 1 heterocycles. The lowest BCUT2D eigenvalue weighted by Gasteiger charge is -2.33. The minimum atomic E-state index is -0.928. The summed E-state index contributed by atoms with van der Waals surface area (Å²) in [6.07, 6.45) is 3.75. The molecule has 1 saturated heterocycles. The van der Waals surface area contributed by atoms with Crippen molar-refractivity contribution in [3.63, 3.8) is 0 Å². The Kier molecular flexibility index (Phi) is 8.62. The zero-order valence-corrected chi connectivity index (χ0v) is 18.2. The molecule has 1 fully saturated rings. The molecule has 6 heteroatoms. The van der Waals surface area contributed by atoms with Crippen molar-refractivity contribution in [1.29, 1.82) is 0 Å². The Balaban J connectivity index is 1.63. The summed E-state index contributed by atoms with van der Waals surface area (Å²) >= 11 is 0. The van der Waals surface area contributed by atoms with Crippen molar-refractivity contribution in [3.05, 3.63) is 65.7 Å². The Hall–Kier alpha value is -2.70. The highest BCUT2D eigenvalue weighted by molar-refractivity contribution is 6.06. The number of benzene rings is 2. The minimum Gasteiger partial charge on any atom is -0.480 e. The topological polar surface area (TPSA) is 70.1 Å². The summed E-state index contributed by atoms with van der Waals surface area (Å²) in [5.41, 5.74) is 2.87. The molecule has 2 aromatic carbocycles. The summed E-state index contributed by atoms with van der Waals surface area (Å²) in [6, 6.07) is 17.7. The molecule has 3 rings (SSSR count). The van der Waals surface area contributed by atoms with Crippen molar-refractivity contribution in [2.45, 2.75) is 38.7 Å². The van der Waals surface area contributed by atoms with Gasteiger partial charge in [0.05, 0.1) is 6.10 Å². The second kappa shape index (κ2) is 11.6. The predicted octanol–water partition coefficient (Wildman–Crippen LogP) is 3.85. The van der Waals surface area contributed by atoms with Gasteiger partial charge in [0.1, 0.15) is 6.61 Å². The molecular weight excluding hydrogens is 392 g/mol. The van der Waals surface area contributed by atoms with Gasteiger partial charge in [0.15, 0.2) is 0 Å². The first kappa shape index (κ1) is 23.0. The van der Waals surface area contributed by atoms with Gasteiger partial charge in [-0.15, -0.1) is 0 Å². The molecule has 166 valence electrons. The first-order chi connectivity index (χ1) is 15.1. The zero-order chi connectivity index (χ0) is 22.1. The predicted molar refractivity (Wildman–Crippen MR) is 122 cm³/mol. The number of aryl methyl sites for hydroxylation is 1. The van der Waals surface area contributed by atoms with Gasteiger partial charge >= 0.3 is 5.97 Å². The molecule has 0 unspecified atom stereocenters. The lowest BCUT2D eigenvalue weighted by molar-refractivity contribution is -0.145. The highest BCUT2D eigenvalue weighted by Crippen LogP contribution is 2.20. The number of rotatable bonds is 10. The largest absolute Gasteiger partial charge is 0.480 e. The molecule has 2 aromatic rings.